The van der Waals surface area contributed by atoms with Crippen LogP contribution in [0.2, 0.25) is 0 Å². The molecule has 1 N–H and O–H groups in total. The number of phenols is 1. The molecule has 0 aliphatic heterocycles. The van der Waals surface area contributed by atoms with Crippen LogP contribution in [0.1, 0.15) is 89.5 Å². The molecule has 3 aromatic carbocycles. The van der Waals surface area contributed by atoms with Gasteiger partial charge in [-0.25, -0.2) is 0 Å². The second-order valence-electron chi connectivity index (χ2n) is 9.25. The fourth-order valence-corrected chi connectivity index (χ4v) is 4.26. The summed E-state index contributed by atoms with van der Waals surface area (Å²) in [7, 11) is 0. The number of hydrogen-bond donors (Lipinski definition) is 1. The highest BCUT2D eigenvalue weighted by molar-refractivity contribution is 5.89. The average Bonchev–Trinajstić information content (AvgIpc) is 2.86. The number of hydrogen-bond acceptors (Lipinski definition) is 3. The SMILES string of the molecule is CCCCCCCCCCCCCCOc1ccc(C=Nc2ccc3ccccc3c2)c(O)c1. The molecule has 0 bridgehead atoms. The molecule has 0 unspecified atom stereocenters. The molecule has 0 heterocycles. The number of ether oxygens (including phenoxy) is 1. The van der Waals surface area contributed by atoms with E-state index < -0.39 is 0 Å². The molecular weight excluding hydrogens is 418 g/mol. The summed E-state index contributed by atoms with van der Waals surface area (Å²) in [6.45, 7) is 2.97. The van der Waals surface area contributed by atoms with Crippen molar-refractivity contribution in [2.24, 2.45) is 4.99 Å². The smallest absolute Gasteiger partial charge is 0.128 e. The Labute approximate surface area is 205 Å². The maximum Gasteiger partial charge on any atom is 0.128 e. The monoisotopic (exact) mass is 459 g/mol. The zero-order valence-corrected chi connectivity index (χ0v) is 20.8. The van der Waals surface area contributed by atoms with Crippen molar-refractivity contribution < 1.29 is 9.84 Å². The van der Waals surface area contributed by atoms with E-state index in [1.807, 2.05) is 30.3 Å². The van der Waals surface area contributed by atoms with Crippen molar-refractivity contribution in [1.82, 2.24) is 0 Å². The Morgan fingerprint density at radius 3 is 2.03 bits per heavy atom. The molecule has 3 nitrogen and oxygen atoms in total. The Morgan fingerprint density at radius 1 is 0.706 bits per heavy atom. The number of unbranched alkanes of at least 4 members (excludes halogenated alkanes) is 11. The summed E-state index contributed by atoms with van der Waals surface area (Å²) < 4.78 is 5.84. The number of aliphatic imine (C=N–C) groups is 1. The van der Waals surface area contributed by atoms with Gasteiger partial charge in [0.05, 0.1) is 12.3 Å². The summed E-state index contributed by atoms with van der Waals surface area (Å²) in [5.74, 6) is 0.903. The normalized spacial score (nSPS) is 11.4. The number of phenolic OH excluding ortho intramolecular Hbond substituents is 1. The minimum Gasteiger partial charge on any atom is -0.507 e. The van der Waals surface area contributed by atoms with Crippen LogP contribution in [-0.4, -0.2) is 17.9 Å². The van der Waals surface area contributed by atoms with Crippen LogP contribution in [0.25, 0.3) is 10.8 Å². The number of aromatic hydroxyl groups is 1. The van der Waals surface area contributed by atoms with Gasteiger partial charge in [-0.3, -0.25) is 4.99 Å². The van der Waals surface area contributed by atoms with Crippen LogP contribution < -0.4 is 4.74 Å². The molecule has 3 rings (SSSR count). The molecule has 0 amide bonds. The predicted molar refractivity (Wildman–Crippen MR) is 146 cm³/mol. The first-order valence-electron chi connectivity index (χ1n) is 13.2. The van der Waals surface area contributed by atoms with Crippen molar-refractivity contribution in [2.75, 3.05) is 6.61 Å². The summed E-state index contributed by atoms with van der Waals surface area (Å²) >= 11 is 0. The molecule has 34 heavy (non-hydrogen) atoms. The third kappa shape index (κ3) is 9.21. The third-order valence-corrected chi connectivity index (χ3v) is 6.35. The topological polar surface area (TPSA) is 41.8 Å². The van der Waals surface area contributed by atoms with E-state index in [9.17, 15) is 5.11 Å². The van der Waals surface area contributed by atoms with Crippen LogP contribution in [-0.2, 0) is 0 Å². The molecule has 0 fully saturated rings. The van der Waals surface area contributed by atoms with Crippen molar-refractivity contribution in [3.05, 3.63) is 66.2 Å². The van der Waals surface area contributed by atoms with Crippen molar-refractivity contribution in [3.8, 4) is 11.5 Å². The highest BCUT2D eigenvalue weighted by atomic mass is 16.5. The van der Waals surface area contributed by atoms with Gasteiger partial charge in [-0.15, -0.1) is 0 Å². The van der Waals surface area contributed by atoms with Crippen LogP contribution in [0.5, 0.6) is 11.5 Å². The molecule has 0 aliphatic rings. The largest absolute Gasteiger partial charge is 0.507 e. The van der Waals surface area contributed by atoms with Crippen LogP contribution >= 0.6 is 0 Å². The van der Waals surface area contributed by atoms with Crippen LogP contribution in [0.4, 0.5) is 5.69 Å². The highest BCUT2D eigenvalue weighted by Crippen LogP contribution is 2.25. The van der Waals surface area contributed by atoms with Gasteiger partial charge in [-0.05, 0) is 41.5 Å². The summed E-state index contributed by atoms with van der Waals surface area (Å²) in [4.78, 5) is 4.53. The Balaban J connectivity index is 1.30. The molecular formula is C31H41NO2. The van der Waals surface area contributed by atoms with Crippen LogP contribution in [0, 0.1) is 0 Å². The molecule has 3 heteroatoms. The van der Waals surface area contributed by atoms with Gasteiger partial charge in [0, 0.05) is 17.8 Å². The minimum absolute atomic E-state index is 0.191. The van der Waals surface area contributed by atoms with Gasteiger partial charge >= 0.3 is 0 Å². The molecule has 182 valence electrons. The van der Waals surface area contributed by atoms with E-state index >= 15 is 0 Å². The molecule has 0 aliphatic carbocycles. The van der Waals surface area contributed by atoms with E-state index in [1.165, 1.54) is 76.0 Å². The zero-order valence-electron chi connectivity index (χ0n) is 20.8. The first kappa shape index (κ1) is 25.8. The number of fused-ring (bicyclic) bond motifs is 1. The van der Waals surface area contributed by atoms with Crippen LogP contribution in [0.15, 0.2) is 65.7 Å². The van der Waals surface area contributed by atoms with Gasteiger partial charge in [0.2, 0.25) is 0 Å². The molecule has 0 radical (unpaired) electrons. The summed E-state index contributed by atoms with van der Waals surface area (Å²) in [5, 5.41) is 12.7. The Morgan fingerprint density at radius 2 is 1.35 bits per heavy atom. The number of rotatable bonds is 16. The maximum atomic E-state index is 10.4. The van der Waals surface area contributed by atoms with Gasteiger partial charge in [0.25, 0.3) is 0 Å². The minimum atomic E-state index is 0.191. The molecule has 0 spiro atoms. The van der Waals surface area contributed by atoms with Crippen molar-refractivity contribution in [2.45, 2.75) is 84.0 Å². The first-order valence-corrected chi connectivity index (χ1v) is 13.2. The van der Waals surface area contributed by atoms with Gasteiger partial charge in [-0.2, -0.15) is 0 Å². The molecule has 0 saturated carbocycles. The lowest BCUT2D eigenvalue weighted by Crippen LogP contribution is -1.97. The van der Waals surface area contributed by atoms with Crippen molar-refractivity contribution >= 4 is 22.7 Å². The van der Waals surface area contributed by atoms with E-state index in [2.05, 4.69) is 36.2 Å². The maximum absolute atomic E-state index is 10.4. The lowest BCUT2D eigenvalue weighted by atomic mass is 10.1. The fraction of sp³-hybridized carbons (Fsp3) is 0.452. The van der Waals surface area contributed by atoms with E-state index in [4.69, 9.17) is 4.74 Å². The van der Waals surface area contributed by atoms with Gasteiger partial charge in [0.1, 0.15) is 11.5 Å². The summed E-state index contributed by atoms with van der Waals surface area (Å²) in [5.41, 5.74) is 1.55. The Hall–Kier alpha value is -2.81. The standard InChI is InChI=1S/C31H41NO2/c1-2-3-4-5-6-7-8-9-10-11-12-15-22-34-30-21-19-28(31(33)24-30)25-32-29-20-18-26-16-13-14-17-27(26)23-29/h13-14,16-21,23-25,33H,2-12,15,22H2,1H3. The fourth-order valence-electron chi connectivity index (χ4n) is 4.26. The molecule has 3 aromatic rings. The third-order valence-electron chi connectivity index (χ3n) is 6.35. The quantitative estimate of drug-likeness (QED) is 0.171. The number of benzene rings is 3. The van der Waals surface area contributed by atoms with E-state index in [1.54, 1.807) is 12.3 Å². The second kappa shape index (κ2) is 15.2. The zero-order chi connectivity index (χ0) is 23.8. The van der Waals surface area contributed by atoms with Crippen molar-refractivity contribution in [3.63, 3.8) is 0 Å². The van der Waals surface area contributed by atoms with Gasteiger partial charge in [-0.1, -0.05) is 108 Å². The van der Waals surface area contributed by atoms with Gasteiger partial charge < -0.3 is 9.84 Å². The van der Waals surface area contributed by atoms with Crippen molar-refractivity contribution in [1.29, 1.82) is 0 Å². The predicted octanol–water partition coefficient (Wildman–Crippen LogP) is 9.38. The second-order valence-corrected chi connectivity index (χ2v) is 9.25. The molecule has 0 atom stereocenters. The van der Waals surface area contributed by atoms with E-state index in [0.29, 0.717) is 17.9 Å². The molecule has 0 saturated heterocycles. The highest BCUT2D eigenvalue weighted by Gasteiger charge is 2.03. The lowest BCUT2D eigenvalue weighted by Gasteiger charge is -2.08. The van der Waals surface area contributed by atoms with Gasteiger partial charge in [0.15, 0.2) is 0 Å². The first-order chi connectivity index (χ1) is 16.8. The van der Waals surface area contributed by atoms with E-state index in [-0.39, 0.29) is 5.75 Å². The lowest BCUT2D eigenvalue weighted by molar-refractivity contribution is 0.302. The Bertz CT molecular complexity index is 1010. The Kier molecular flexibility index (Phi) is 11.5. The number of nitrogens with zero attached hydrogens (tertiary/aromatic N) is 1. The summed E-state index contributed by atoms with van der Waals surface area (Å²) in [6, 6.07) is 19.8. The summed E-state index contributed by atoms with van der Waals surface area (Å²) in [6.07, 6.45) is 17.7. The average molecular weight is 460 g/mol. The molecule has 0 aromatic heterocycles. The van der Waals surface area contributed by atoms with E-state index in [0.717, 1.165) is 17.5 Å². The van der Waals surface area contributed by atoms with Crippen LogP contribution in [0.3, 0.4) is 0 Å².